The summed E-state index contributed by atoms with van der Waals surface area (Å²) in [6.45, 7) is 12.5. The van der Waals surface area contributed by atoms with Gasteiger partial charge in [-0.05, 0) is 18.6 Å². The highest BCUT2D eigenvalue weighted by Gasteiger charge is 2.24. The predicted octanol–water partition coefficient (Wildman–Crippen LogP) is 2.42. The molecule has 2 N–H and O–H groups in total. The maximum atomic E-state index is 11.8. The Labute approximate surface area is 163 Å². The van der Waals surface area contributed by atoms with E-state index < -0.39 is 0 Å². The lowest BCUT2D eigenvalue weighted by atomic mass is 9.89. The van der Waals surface area contributed by atoms with E-state index in [1.807, 2.05) is 34.6 Å². The standard InChI is InChI=1S/C18H29N3O4.C2H6/c1-4-18(2,3)17(23)21-9-11-25-13-12-24-10-8-20-16(22)15-6-5-7-19-14-15;1-2/h5-7,14H,4,8-13H2,1-3H3,(H,20,22)(H,21,23);1-2H3. The summed E-state index contributed by atoms with van der Waals surface area (Å²) in [6, 6.07) is 3.42. The average Bonchev–Trinajstić information content (AvgIpc) is 2.71. The largest absolute Gasteiger partial charge is 0.377 e. The van der Waals surface area contributed by atoms with Crippen LogP contribution in [0.5, 0.6) is 0 Å². The van der Waals surface area contributed by atoms with Gasteiger partial charge in [0.2, 0.25) is 5.91 Å². The maximum absolute atomic E-state index is 11.8. The fourth-order valence-electron chi connectivity index (χ4n) is 1.79. The molecule has 0 aliphatic rings. The van der Waals surface area contributed by atoms with E-state index in [9.17, 15) is 9.59 Å². The molecular formula is C20H35N3O4. The van der Waals surface area contributed by atoms with Crippen molar-refractivity contribution < 1.29 is 19.1 Å². The number of ether oxygens (including phenoxy) is 2. The van der Waals surface area contributed by atoms with Gasteiger partial charge in [-0.1, -0.05) is 34.6 Å². The van der Waals surface area contributed by atoms with Gasteiger partial charge in [0, 0.05) is 30.9 Å². The van der Waals surface area contributed by atoms with Gasteiger partial charge in [-0.3, -0.25) is 14.6 Å². The van der Waals surface area contributed by atoms with Gasteiger partial charge >= 0.3 is 0 Å². The lowest BCUT2D eigenvalue weighted by Crippen LogP contribution is -2.38. The lowest BCUT2D eigenvalue weighted by molar-refractivity contribution is -0.129. The van der Waals surface area contributed by atoms with Crippen LogP contribution in [0.1, 0.15) is 51.4 Å². The van der Waals surface area contributed by atoms with Gasteiger partial charge in [-0.2, -0.15) is 0 Å². The van der Waals surface area contributed by atoms with Crippen molar-refractivity contribution in [3.8, 4) is 0 Å². The molecule has 0 spiro atoms. The van der Waals surface area contributed by atoms with Crippen LogP contribution in [0.25, 0.3) is 0 Å². The molecule has 0 radical (unpaired) electrons. The molecule has 1 aromatic rings. The van der Waals surface area contributed by atoms with Gasteiger partial charge in [-0.25, -0.2) is 0 Å². The summed E-state index contributed by atoms with van der Waals surface area (Å²) < 4.78 is 10.8. The SMILES string of the molecule is CC.CCC(C)(C)C(=O)NCCOCCOCCNC(=O)c1cccnc1. The normalized spacial score (nSPS) is 10.6. The number of amides is 2. The highest BCUT2D eigenvalue weighted by molar-refractivity contribution is 5.93. The summed E-state index contributed by atoms with van der Waals surface area (Å²) in [4.78, 5) is 27.5. The van der Waals surface area contributed by atoms with Crippen molar-refractivity contribution in [1.29, 1.82) is 0 Å². The Morgan fingerprint density at radius 3 is 2.15 bits per heavy atom. The van der Waals surface area contributed by atoms with Crippen molar-refractivity contribution in [3.05, 3.63) is 30.1 Å². The zero-order valence-corrected chi connectivity index (χ0v) is 17.3. The van der Waals surface area contributed by atoms with Crippen molar-refractivity contribution in [2.24, 2.45) is 5.41 Å². The summed E-state index contributed by atoms with van der Waals surface area (Å²) in [6.07, 6.45) is 3.94. The lowest BCUT2D eigenvalue weighted by Gasteiger charge is -2.21. The second-order valence-electron chi connectivity index (χ2n) is 6.22. The van der Waals surface area contributed by atoms with E-state index >= 15 is 0 Å². The number of nitrogens with zero attached hydrogens (tertiary/aromatic N) is 1. The van der Waals surface area contributed by atoms with Crippen molar-refractivity contribution in [1.82, 2.24) is 15.6 Å². The Kier molecular flexibility index (Phi) is 14.0. The Bertz CT molecular complexity index is 521. The van der Waals surface area contributed by atoms with Crippen LogP contribution in [0.4, 0.5) is 0 Å². The molecule has 1 rings (SSSR count). The third-order valence-corrected chi connectivity index (χ3v) is 3.86. The van der Waals surface area contributed by atoms with Crippen LogP contribution in [0, 0.1) is 5.41 Å². The van der Waals surface area contributed by atoms with E-state index in [1.165, 1.54) is 6.20 Å². The predicted molar refractivity (Wildman–Crippen MR) is 107 cm³/mol. The van der Waals surface area contributed by atoms with E-state index in [4.69, 9.17) is 9.47 Å². The number of carbonyl (C=O) groups excluding carboxylic acids is 2. The van der Waals surface area contributed by atoms with E-state index in [1.54, 1.807) is 18.3 Å². The summed E-state index contributed by atoms with van der Waals surface area (Å²) in [5.41, 5.74) is 0.183. The Balaban J connectivity index is 0.00000326. The van der Waals surface area contributed by atoms with Crippen LogP contribution in [0.2, 0.25) is 0 Å². The molecule has 0 atom stereocenters. The molecule has 1 aromatic heterocycles. The number of carbonyl (C=O) groups is 2. The number of rotatable bonds is 12. The van der Waals surface area contributed by atoms with Crippen LogP contribution >= 0.6 is 0 Å². The third kappa shape index (κ3) is 11.4. The number of hydrogen-bond donors (Lipinski definition) is 2. The van der Waals surface area contributed by atoms with Crippen molar-refractivity contribution in [2.45, 2.75) is 41.0 Å². The first-order valence-corrected chi connectivity index (χ1v) is 9.59. The number of pyridine rings is 1. The van der Waals surface area contributed by atoms with Gasteiger partial charge in [-0.15, -0.1) is 0 Å². The summed E-state index contributed by atoms with van der Waals surface area (Å²) in [7, 11) is 0. The van der Waals surface area contributed by atoms with Gasteiger partial charge < -0.3 is 20.1 Å². The third-order valence-electron chi connectivity index (χ3n) is 3.86. The van der Waals surface area contributed by atoms with E-state index in [0.717, 1.165) is 6.42 Å². The van der Waals surface area contributed by atoms with Crippen LogP contribution in [-0.2, 0) is 14.3 Å². The molecule has 0 bridgehead atoms. The van der Waals surface area contributed by atoms with Gasteiger partial charge in [0.05, 0.1) is 32.0 Å². The quantitative estimate of drug-likeness (QED) is 0.543. The fraction of sp³-hybridized carbons (Fsp3) is 0.650. The van der Waals surface area contributed by atoms with E-state index in [-0.39, 0.29) is 17.2 Å². The Hall–Kier alpha value is -1.99. The molecular weight excluding hydrogens is 346 g/mol. The minimum atomic E-state index is -0.344. The second kappa shape index (κ2) is 15.1. The van der Waals surface area contributed by atoms with Crippen molar-refractivity contribution >= 4 is 11.8 Å². The molecule has 0 aliphatic heterocycles. The molecule has 0 unspecified atom stereocenters. The molecule has 154 valence electrons. The first-order chi connectivity index (χ1) is 13.0. The molecule has 7 nitrogen and oxygen atoms in total. The molecule has 0 aromatic carbocycles. The number of nitrogens with one attached hydrogen (secondary N) is 2. The highest BCUT2D eigenvalue weighted by Crippen LogP contribution is 2.18. The van der Waals surface area contributed by atoms with Gasteiger partial charge in [0.1, 0.15) is 0 Å². The monoisotopic (exact) mass is 381 g/mol. The summed E-state index contributed by atoms with van der Waals surface area (Å²) in [5.74, 6) is -0.127. The molecule has 0 saturated carbocycles. The molecule has 2 amide bonds. The molecule has 0 saturated heterocycles. The number of aromatic nitrogens is 1. The average molecular weight is 382 g/mol. The van der Waals surface area contributed by atoms with E-state index in [2.05, 4.69) is 15.6 Å². The van der Waals surface area contributed by atoms with E-state index in [0.29, 0.717) is 45.1 Å². The molecule has 1 heterocycles. The van der Waals surface area contributed by atoms with Crippen LogP contribution in [0.15, 0.2) is 24.5 Å². The Morgan fingerprint density at radius 1 is 1.04 bits per heavy atom. The second-order valence-corrected chi connectivity index (χ2v) is 6.22. The number of hydrogen-bond acceptors (Lipinski definition) is 5. The molecule has 0 fully saturated rings. The molecule has 7 heteroatoms. The highest BCUT2D eigenvalue weighted by atomic mass is 16.5. The smallest absolute Gasteiger partial charge is 0.252 e. The van der Waals surface area contributed by atoms with Crippen LogP contribution in [0.3, 0.4) is 0 Å². The van der Waals surface area contributed by atoms with Crippen molar-refractivity contribution in [3.63, 3.8) is 0 Å². The van der Waals surface area contributed by atoms with Gasteiger partial charge in [0.15, 0.2) is 0 Å². The van der Waals surface area contributed by atoms with Crippen LogP contribution in [-0.4, -0.2) is 56.3 Å². The first kappa shape index (κ1) is 25.0. The van der Waals surface area contributed by atoms with Crippen LogP contribution < -0.4 is 10.6 Å². The zero-order valence-electron chi connectivity index (χ0n) is 17.3. The first-order valence-electron chi connectivity index (χ1n) is 9.59. The van der Waals surface area contributed by atoms with Crippen molar-refractivity contribution in [2.75, 3.05) is 39.5 Å². The zero-order chi connectivity index (χ0) is 20.5. The molecule has 27 heavy (non-hydrogen) atoms. The molecule has 0 aliphatic carbocycles. The van der Waals surface area contributed by atoms with Gasteiger partial charge in [0.25, 0.3) is 5.91 Å². The Morgan fingerprint density at radius 2 is 1.63 bits per heavy atom. The fourth-order valence-corrected chi connectivity index (χ4v) is 1.79. The maximum Gasteiger partial charge on any atom is 0.252 e. The minimum Gasteiger partial charge on any atom is -0.377 e. The summed E-state index contributed by atoms with van der Waals surface area (Å²) >= 11 is 0. The topological polar surface area (TPSA) is 89.5 Å². The summed E-state index contributed by atoms with van der Waals surface area (Å²) in [5, 5.41) is 5.61. The minimum absolute atomic E-state index is 0.0409.